The molecule has 2 aromatic rings. The number of sulfonamides is 1. The number of hydrogen-bond donors (Lipinski definition) is 3. The van der Waals surface area contributed by atoms with Crippen molar-refractivity contribution in [1.29, 1.82) is 0 Å². The Hall–Kier alpha value is -1.93. The topological polar surface area (TPSA) is 108 Å². The molecule has 19 heavy (non-hydrogen) atoms. The minimum absolute atomic E-state index is 0.0294. The second kappa shape index (κ2) is 4.98. The number of nitrogens with one attached hydrogen (secondary N) is 2. The van der Waals surface area contributed by atoms with Crippen molar-refractivity contribution in [2.75, 3.05) is 4.72 Å². The van der Waals surface area contributed by atoms with Gasteiger partial charge in [-0.05, 0) is 25.5 Å². The standard InChI is InChI=1S/C11H14N4O3S/c1-7-3-4-12-5-9(7)15-19(17,18)11-8(2)13-14-10(11)6-16/h3-5,15-16H,6H2,1-2H3,(H,13,14). The van der Waals surface area contributed by atoms with E-state index < -0.39 is 16.6 Å². The van der Waals surface area contributed by atoms with Crippen molar-refractivity contribution in [2.24, 2.45) is 0 Å². The molecule has 0 saturated carbocycles. The molecule has 0 atom stereocenters. The molecule has 3 N–H and O–H groups in total. The lowest BCUT2D eigenvalue weighted by Gasteiger charge is -2.10. The van der Waals surface area contributed by atoms with E-state index in [0.29, 0.717) is 11.4 Å². The van der Waals surface area contributed by atoms with E-state index in [0.717, 1.165) is 5.56 Å². The van der Waals surface area contributed by atoms with E-state index in [2.05, 4.69) is 19.9 Å². The van der Waals surface area contributed by atoms with E-state index in [9.17, 15) is 8.42 Å². The van der Waals surface area contributed by atoms with E-state index in [1.165, 1.54) is 6.20 Å². The van der Waals surface area contributed by atoms with Crippen LogP contribution in [0.2, 0.25) is 0 Å². The smallest absolute Gasteiger partial charge is 0.265 e. The van der Waals surface area contributed by atoms with Crippen LogP contribution < -0.4 is 4.72 Å². The third-order valence-electron chi connectivity index (χ3n) is 2.66. The van der Waals surface area contributed by atoms with E-state index >= 15 is 0 Å². The lowest BCUT2D eigenvalue weighted by Crippen LogP contribution is -2.16. The highest BCUT2D eigenvalue weighted by molar-refractivity contribution is 7.92. The Morgan fingerprint density at radius 2 is 2.16 bits per heavy atom. The molecule has 7 nitrogen and oxygen atoms in total. The zero-order chi connectivity index (χ0) is 14.0. The molecule has 0 fully saturated rings. The highest BCUT2D eigenvalue weighted by Gasteiger charge is 2.24. The molecule has 8 heteroatoms. The maximum Gasteiger partial charge on any atom is 0.265 e. The maximum atomic E-state index is 12.3. The average Bonchev–Trinajstić information content (AvgIpc) is 2.74. The van der Waals surface area contributed by atoms with Crippen molar-refractivity contribution in [3.63, 3.8) is 0 Å². The van der Waals surface area contributed by atoms with E-state index in [1.54, 1.807) is 26.1 Å². The monoisotopic (exact) mass is 282 g/mol. The third kappa shape index (κ3) is 2.59. The number of anilines is 1. The van der Waals surface area contributed by atoms with Crippen molar-refractivity contribution >= 4 is 15.7 Å². The minimum Gasteiger partial charge on any atom is -0.390 e. The molecule has 102 valence electrons. The van der Waals surface area contributed by atoms with Crippen LogP contribution in [0.3, 0.4) is 0 Å². The predicted molar refractivity (Wildman–Crippen MR) is 69.0 cm³/mol. The van der Waals surface area contributed by atoms with Crippen LogP contribution in [0.25, 0.3) is 0 Å². The van der Waals surface area contributed by atoms with Gasteiger partial charge in [-0.15, -0.1) is 0 Å². The van der Waals surface area contributed by atoms with Gasteiger partial charge in [-0.3, -0.25) is 14.8 Å². The molecule has 0 amide bonds. The third-order valence-corrected chi connectivity index (χ3v) is 4.23. The maximum absolute atomic E-state index is 12.3. The summed E-state index contributed by atoms with van der Waals surface area (Å²) in [6.45, 7) is 2.90. The van der Waals surface area contributed by atoms with Gasteiger partial charge in [-0.25, -0.2) is 8.42 Å². The SMILES string of the molecule is Cc1ccncc1NS(=O)(=O)c1c(CO)n[nH]c1C. The van der Waals surface area contributed by atoms with Crippen LogP contribution in [0.5, 0.6) is 0 Å². The predicted octanol–water partition coefficient (Wildman–Crippen LogP) is 0.715. The Balaban J connectivity index is 2.44. The Morgan fingerprint density at radius 1 is 1.42 bits per heavy atom. The fourth-order valence-corrected chi connectivity index (χ4v) is 3.17. The molecule has 0 spiro atoms. The summed E-state index contributed by atoms with van der Waals surface area (Å²) in [5, 5.41) is 15.4. The summed E-state index contributed by atoms with van der Waals surface area (Å²) in [6, 6.07) is 1.70. The fraction of sp³-hybridized carbons (Fsp3) is 0.273. The van der Waals surface area contributed by atoms with Gasteiger partial charge in [0, 0.05) is 6.20 Å². The molecule has 2 rings (SSSR count). The molecule has 2 aromatic heterocycles. The summed E-state index contributed by atoms with van der Waals surface area (Å²) in [5.74, 6) is 0. The van der Waals surface area contributed by atoms with Gasteiger partial charge in [0.25, 0.3) is 10.0 Å². The van der Waals surface area contributed by atoms with Gasteiger partial charge < -0.3 is 5.11 Å². The van der Waals surface area contributed by atoms with Crippen LogP contribution in [0.1, 0.15) is 17.0 Å². The van der Waals surface area contributed by atoms with Crippen molar-refractivity contribution < 1.29 is 13.5 Å². The number of aliphatic hydroxyl groups is 1. The van der Waals surface area contributed by atoms with Crippen LogP contribution in [-0.2, 0) is 16.6 Å². The second-order valence-corrected chi connectivity index (χ2v) is 5.70. The first-order chi connectivity index (χ1) is 8.95. The van der Waals surface area contributed by atoms with Crippen LogP contribution in [-0.4, -0.2) is 28.7 Å². The molecule has 0 saturated heterocycles. The highest BCUT2D eigenvalue weighted by Crippen LogP contribution is 2.22. The Bertz CT molecular complexity index is 694. The van der Waals surface area contributed by atoms with Gasteiger partial charge in [0.05, 0.1) is 24.2 Å². The molecule has 0 aromatic carbocycles. The number of aromatic amines is 1. The van der Waals surface area contributed by atoms with Crippen LogP contribution in [0, 0.1) is 13.8 Å². The summed E-state index contributed by atoms with van der Waals surface area (Å²) >= 11 is 0. The summed E-state index contributed by atoms with van der Waals surface area (Å²) in [6.07, 6.45) is 3.01. The lowest BCUT2D eigenvalue weighted by molar-refractivity contribution is 0.273. The first-order valence-electron chi connectivity index (χ1n) is 5.54. The Morgan fingerprint density at radius 3 is 2.79 bits per heavy atom. The summed E-state index contributed by atoms with van der Waals surface area (Å²) in [5.41, 5.74) is 1.61. The number of aliphatic hydroxyl groups excluding tert-OH is 1. The van der Waals surface area contributed by atoms with Gasteiger partial charge in [-0.1, -0.05) is 0 Å². The van der Waals surface area contributed by atoms with E-state index in [1.807, 2.05) is 0 Å². The van der Waals surface area contributed by atoms with Crippen molar-refractivity contribution in [1.82, 2.24) is 15.2 Å². The number of rotatable bonds is 4. The number of hydrogen-bond acceptors (Lipinski definition) is 5. The fourth-order valence-electron chi connectivity index (χ4n) is 1.70. The highest BCUT2D eigenvalue weighted by atomic mass is 32.2. The molecule has 0 aliphatic carbocycles. The Labute approximate surface area is 110 Å². The summed E-state index contributed by atoms with van der Waals surface area (Å²) in [4.78, 5) is 3.85. The largest absolute Gasteiger partial charge is 0.390 e. The first kappa shape index (κ1) is 13.5. The van der Waals surface area contributed by atoms with E-state index in [-0.39, 0.29) is 10.6 Å². The number of pyridine rings is 1. The number of aryl methyl sites for hydroxylation is 2. The molecule has 0 unspecified atom stereocenters. The molecule has 0 bridgehead atoms. The van der Waals surface area contributed by atoms with Gasteiger partial charge in [0.1, 0.15) is 10.6 Å². The Kier molecular flexibility index (Phi) is 3.54. The van der Waals surface area contributed by atoms with Gasteiger partial charge in [-0.2, -0.15) is 5.10 Å². The quantitative estimate of drug-likeness (QED) is 0.765. The number of nitrogens with zero attached hydrogens (tertiary/aromatic N) is 2. The zero-order valence-electron chi connectivity index (χ0n) is 10.5. The number of aromatic nitrogens is 3. The molecular weight excluding hydrogens is 268 g/mol. The molecule has 0 radical (unpaired) electrons. The zero-order valence-corrected chi connectivity index (χ0v) is 11.3. The van der Waals surface area contributed by atoms with Crippen LogP contribution >= 0.6 is 0 Å². The van der Waals surface area contributed by atoms with E-state index in [4.69, 9.17) is 5.11 Å². The molecule has 2 heterocycles. The molecular formula is C11H14N4O3S. The van der Waals surface area contributed by atoms with Gasteiger partial charge in [0.15, 0.2) is 0 Å². The lowest BCUT2D eigenvalue weighted by atomic mass is 10.3. The average molecular weight is 282 g/mol. The van der Waals surface area contributed by atoms with Crippen LogP contribution in [0.15, 0.2) is 23.4 Å². The summed E-state index contributed by atoms with van der Waals surface area (Å²) < 4.78 is 27.1. The summed E-state index contributed by atoms with van der Waals surface area (Å²) in [7, 11) is -3.81. The van der Waals surface area contributed by atoms with Crippen molar-refractivity contribution in [3.8, 4) is 0 Å². The van der Waals surface area contributed by atoms with Gasteiger partial charge in [0.2, 0.25) is 0 Å². The second-order valence-electron chi connectivity index (χ2n) is 4.08. The minimum atomic E-state index is -3.81. The van der Waals surface area contributed by atoms with Crippen LogP contribution in [0.4, 0.5) is 5.69 Å². The normalized spacial score (nSPS) is 11.5. The molecule has 0 aliphatic rings. The number of H-pyrrole nitrogens is 1. The van der Waals surface area contributed by atoms with Crippen molar-refractivity contribution in [3.05, 3.63) is 35.4 Å². The first-order valence-corrected chi connectivity index (χ1v) is 7.02. The van der Waals surface area contributed by atoms with Crippen molar-refractivity contribution in [2.45, 2.75) is 25.3 Å². The van der Waals surface area contributed by atoms with Gasteiger partial charge >= 0.3 is 0 Å². The molecule has 0 aliphatic heterocycles.